The van der Waals surface area contributed by atoms with Crippen molar-refractivity contribution in [2.45, 2.75) is 26.4 Å². The first kappa shape index (κ1) is 17.0. The van der Waals surface area contributed by atoms with Gasteiger partial charge in [-0.3, -0.25) is 4.90 Å². The third-order valence-electron chi connectivity index (χ3n) is 4.42. The normalized spacial score (nSPS) is 17.3. The van der Waals surface area contributed by atoms with Crippen molar-refractivity contribution >= 4 is 0 Å². The molecular formula is C17H26N6O. The summed E-state index contributed by atoms with van der Waals surface area (Å²) in [5, 5.41) is 15.8. The number of benzene rings is 1. The number of hydrogen-bond acceptors (Lipinski definition) is 6. The Hall–Kier alpha value is -1.83. The lowest BCUT2D eigenvalue weighted by molar-refractivity contribution is 0.0308. The van der Waals surface area contributed by atoms with Gasteiger partial charge in [0.15, 0.2) is 5.82 Å². The lowest BCUT2D eigenvalue weighted by Crippen LogP contribution is -2.47. The molecule has 1 N–H and O–H groups in total. The molecule has 1 aromatic heterocycles. The predicted molar refractivity (Wildman–Crippen MR) is 91.9 cm³/mol. The van der Waals surface area contributed by atoms with Gasteiger partial charge in [-0.1, -0.05) is 32.0 Å². The van der Waals surface area contributed by atoms with Crippen LogP contribution in [0.5, 0.6) is 0 Å². The third kappa shape index (κ3) is 4.37. The van der Waals surface area contributed by atoms with Gasteiger partial charge >= 0.3 is 0 Å². The molecule has 2 aromatic rings. The fraction of sp³-hybridized carbons (Fsp3) is 0.588. The van der Waals surface area contributed by atoms with Crippen molar-refractivity contribution in [3.63, 3.8) is 0 Å². The van der Waals surface area contributed by atoms with Gasteiger partial charge in [0.1, 0.15) is 0 Å². The van der Waals surface area contributed by atoms with Crippen LogP contribution >= 0.6 is 0 Å². The molecule has 1 aromatic carbocycles. The van der Waals surface area contributed by atoms with Crippen molar-refractivity contribution in [2.75, 3.05) is 32.8 Å². The Bertz CT molecular complexity index is 609. The van der Waals surface area contributed by atoms with E-state index in [9.17, 15) is 0 Å². The number of morpholine rings is 1. The van der Waals surface area contributed by atoms with Crippen LogP contribution in [0.2, 0.25) is 0 Å². The lowest BCUT2D eigenvalue weighted by atomic mass is 10.0. The summed E-state index contributed by atoms with van der Waals surface area (Å²) in [6.45, 7) is 9.84. The molecule has 0 radical (unpaired) electrons. The minimum absolute atomic E-state index is 0.393. The maximum Gasteiger partial charge on any atom is 0.170 e. The van der Waals surface area contributed by atoms with Gasteiger partial charge in [0.2, 0.25) is 0 Å². The highest BCUT2D eigenvalue weighted by molar-refractivity contribution is 5.30. The van der Waals surface area contributed by atoms with E-state index in [1.807, 2.05) is 30.3 Å². The van der Waals surface area contributed by atoms with E-state index in [0.717, 1.165) is 44.4 Å². The molecule has 0 unspecified atom stereocenters. The van der Waals surface area contributed by atoms with Crippen LogP contribution in [0.1, 0.15) is 19.7 Å². The quantitative estimate of drug-likeness (QED) is 0.820. The van der Waals surface area contributed by atoms with Crippen molar-refractivity contribution in [3.05, 3.63) is 36.2 Å². The van der Waals surface area contributed by atoms with Gasteiger partial charge < -0.3 is 10.1 Å². The summed E-state index contributed by atoms with van der Waals surface area (Å²) in [6, 6.07) is 10.4. The van der Waals surface area contributed by atoms with E-state index >= 15 is 0 Å². The first-order valence-electron chi connectivity index (χ1n) is 8.60. The number of ether oxygens (including phenoxy) is 1. The molecule has 3 rings (SSSR count). The fourth-order valence-electron chi connectivity index (χ4n) is 2.88. The van der Waals surface area contributed by atoms with E-state index in [0.29, 0.717) is 18.5 Å². The Morgan fingerprint density at radius 1 is 1.17 bits per heavy atom. The molecule has 1 saturated heterocycles. The van der Waals surface area contributed by atoms with E-state index in [2.05, 4.69) is 39.6 Å². The molecule has 7 heteroatoms. The van der Waals surface area contributed by atoms with Crippen molar-refractivity contribution in [3.8, 4) is 5.69 Å². The zero-order valence-electron chi connectivity index (χ0n) is 14.4. The average molecular weight is 330 g/mol. The van der Waals surface area contributed by atoms with E-state index in [1.54, 1.807) is 4.68 Å². The molecule has 0 amide bonds. The molecule has 1 aliphatic heterocycles. The van der Waals surface area contributed by atoms with Crippen LogP contribution in [0.3, 0.4) is 0 Å². The van der Waals surface area contributed by atoms with Gasteiger partial charge in [-0.2, -0.15) is 4.68 Å². The zero-order chi connectivity index (χ0) is 16.8. The van der Waals surface area contributed by atoms with Crippen LogP contribution in [0.4, 0.5) is 0 Å². The SMILES string of the molecule is CC(C)[C@@H](CN1CCOCC1)NCc1nnnn1-c1ccccc1. The highest BCUT2D eigenvalue weighted by Gasteiger charge is 2.20. The molecule has 1 atom stereocenters. The molecule has 0 saturated carbocycles. The summed E-state index contributed by atoms with van der Waals surface area (Å²) >= 11 is 0. The first-order valence-corrected chi connectivity index (χ1v) is 8.60. The van der Waals surface area contributed by atoms with Crippen molar-refractivity contribution < 1.29 is 4.74 Å². The Morgan fingerprint density at radius 3 is 2.62 bits per heavy atom. The molecule has 1 fully saturated rings. The Kier molecular flexibility index (Phi) is 5.90. The van der Waals surface area contributed by atoms with Crippen LogP contribution in [0.15, 0.2) is 30.3 Å². The second-order valence-corrected chi connectivity index (χ2v) is 6.49. The van der Waals surface area contributed by atoms with Gasteiger partial charge in [-0.05, 0) is 28.5 Å². The number of nitrogens with one attached hydrogen (secondary N) is 1. The molecule has 1 aliphatic rings. The van der Waals surface area contributed by atoms with Gasteiger partial charge in [0.05, 0.1) is 25.4 Å². The van der Waals surface area contributed by atoms with Crippen LogP contribution in [0, 0.1) is 5.92 Å². The van der Waals surface area contributed by atoms with Crippen LogP contribution in [-0.4, -0.2) is 64.0 Å². The Morgan fingerprint density at radius 2 is 1.92 bits per heavy atom. The van der Waals surface area contributed by atoms with Gasteiger partial charge in [0.25, 0.3) is 0 Å². The minimum Gasteiger partial charge on any atom is -0.379 e. The summed E-state index contributed by atoms with van der Waals surface area (Å²) in [4.78, 5) is 2.46. The van der Waals surface area contributed by atoms with E-state index in [1.165, 1.54) is 0 Å². The number of para-hydroxylation sites is 1. The molecule has 7 nitrogen and oxygen atoms in total. The van der Waals surface area contributed by atoms with Crippen LogP contribution in [0.25, 0.3) is 5.69 Å². The van der Waals surface area contributed by atoms with Crippen LogP contribution in [-0.2, 0) is 11.3 Å². The van der Waals surface area contributed by atoms with E-state index in [-0.39, 0.29) is 0 Å². The number of nitrogens with zero attached hydrogens (tertiary/aromatic N) is 5. The van der Waals surface area contributed by atoms with Gasteiger partial charge in [0, 0.05) is 25.7 Å². The summed E-state index contributed by atoms with van der Waals surface area (Å²) in [7, 11) is 0. The highest BCUT2D eigenvalue weighted by atomic mass is 16.5. The standard InChI is InChI=1S/C17H26N6O/c1-14(2)16(13-22-8-10-24-11-9-22)18-12-17-19-20-21-23(17)15-6-4-3-5-7-15/h3-7,14,16,18H,8-13H2,1-2H3/t16-/m1/s1. The summed E-state index contributed by atoms with van der Waals surface area (Å²) in [6.07, 6.45) is 0. The van der Waals surface area contributed by atoms with E-state index < -0.39 is 0 Å². The maximum atomic E-state index is 5.43. The average Bonchev–Trinajstić information content (AvgIpc) is 3.08. The second-order valence-electron chi connectivity index (χ2n) is 6.49. The molecule has 2 heterocycles. The van der Waals surface area contributed by atoms with E-state index in [4.69, 9.17) is 4.74 Å². The van der Waals surface area contributed by atoms with Gasteiger partial charge in [-0.15, -0.1) is 5.10 Å². The Labute approximate surface area is 143 Å². The predicted octanol–water partition coefficient (Wildman–Crippen LogP) is 1.11. The molecule has 130 valence electrons. The second kappa shape index (κ2) is 8.32. The number of hydrogen-bond donors (Lipinski definition) is 1. The van der Waals surface area contributed by atoms with Gasteiger partial charge in [-0.25, -0.2) is 0 Å². The number of rotatable bonds is 7. The lowest BCUT2D eigenvalue weighted by Gasteiger charge is -2.32. The molecular weight excluding hydrogens is 304 g/mol. The van der Waals surface area contributed by atoms with Crippen molar-refractivity contribution in [2.24, 2.45) is 5.92 Å². The molecule has 0 bridgehead atoms. The highest BCUT2D eigenvalue weighted by Crippen LogP contribution is 2.10. The summed E-state index contributed by atoms with van der Waals surface area (Å²) in [5.74, 6) is 1.36. The van der Waals surface area contributed by atoms with Crippen molar-refractivity contribution in [1.82, 2.24) is 30.4 Å². The zero-order valence-corrected chi connectivity index (χ0v) is 14.4. The Balaban J connectivity index is 1.62. The fourth-order valence-corrected chi connectivity index (χ4v) is 2.88. The van der Waals surface area contributed by atoms with Crippen LogP contribution < -0.4 is 5.32 Å². The monoisotopic (exact) mass is 330 g/mol. The molecule has 24 heavy (non-hydrogen) atoms. The number of tetrazole rings is 1. The first-order chi connectivity index (χ1) is 11.7. The largest absolute Gasteiger partial charge is 0.379 e. The number of aromatic nitrogens is 4. The molecule has 0 spiro atoms. The van der Waals surface area contributed by atoms with Crippen molar-refractivity contribution in [1.29, 1.82) is 0 Å². The minimum atomic E-state index is 0.393. The summed E-state index contributed by atoms with van der Waals surface area (Å²) < 4.78 is 7.22. The third-order valence-corrected chi connectivity index (χ3v) is 4.42. The summed E-state index contributed by atoms with van der Waals surface area (Å²) in [5.41, 5.74) is 0.980. The topological polar surface area (TPSA) is 68.1 Å². The smallest absolute Gasteiger partial charge is 0.170 e. The molecule has 0 aliphatic carbocycles. The maximum absolute atomic E-state index is 5.43.